The van der Waals surface area contributed by atoms with Gasteiger partial charge in [-0.25, -0.2) is 0 Å². The van der Waals surface area contributed by atoms with Crippen molar-refractivity contribution in [2.75, 3.05) is 13.1 Å². The van der Waals surface area contributed by atoms with Gasteiger partial charge in [0.25, 0.3) is 0 Å². The molecule has 1 rings (SSSR count). The fourth-order valence-corrected chi connectivity index (χ4v) is 2.09. The molecule has 0 bridgehead atoms. The molecule has 0 spiro atoms. The summed E-state index contributed by atoms with van der Waals surface area (Å²) in [5.41, 5.74) is 0. The predicted octanol–water partition coefficient (Wildman–Crippen LogP) is 2.08. The Balaban J connectivity index is 2.05. The molecule has 0 amide bonds. The first-order valence-electron chi connectivity index (χ1n) is 5.43. The first-order valence-corrected chi connectivity index (χ1v) is 5.43. The van der Waals surface area contributed by atoms with Crippen LogP contribution in [0.4, 0.5) is 13.2 Å². The molecule has 0 aromatic rings. The first kappa shape index (κ1) is 12.8. The second kappa shape index (κ2) is 5.70. The maximum atomic E-state index is 11.8. The van der Waals surface area contributed by atoms with Crippen molar-refractivity contribution >= 4 is 0 Å². The predicted molar refractivity (Wildman–Crippen MR) is 51.5 cm³/mol. The summed E-state index contributed by atoms with van der Waals surface area (Å²) in [7, 11) is 0. The SMILES string of the molecule is OC(CNCC(F)(F)F)CC1CCCC1. The number of aliphatic hydroxyl groups excluding tert-OH is 1. The quantitative estimate of drug-likeness (QED) is 0.750. The van der Waals surface area contributed by atoms with E-state index in [1.165, 1.54) is 12.8 Å². The van der Waals surface area contributed by atoms with E-state index >= 15 is 0 Å². The van der Waals surface area contributed by atoms with Gasteiger partial charge in [-0.2, -0.15) is 13.2 Å². The molecule has 1 saturated carbocycles. The molecule has 0 heterocycles. The van der Waals surface area contributed by atoms with E-state index in [1.54, 1.807) is 0 Å². The molecule has 15 heavy (non-hydrogen) atoms. The summed E-state index contributed by atoms with van der Waals surface area (Å²) in [6.45, 7) is -0.981. The van der Waals surface area contributed by atoms with E-state index in [-0.39, 0.29) is 6.54 Å². The van der Waals surface area contributed by atoms with Gasteiger partial charge in [-0.3, -0.25) is 0 Å². The Morgan fingerprint density at radius 3 is 2.40 bits per heavy atom. The minimum absolute atomic E-state index is 0.0377. The Kier molecular flexibility index (Phi) is 4.86. The molecular formula is C10H18F3NO. The van der Waals surface area contributed by atoms with Gasteiger partial charge in [-0.05, 0) is 12.3 Å². The molecule has 1 atom stereocenters. The van der Waals surface area contributed by atoms with Gasteiger partial charge in [-0.15, -0.1) is 0 Å². The van der Waals surface area contributed by atoms with Gasteiger partial charge in [0.05, 0.1) is 12.6 Å². The van der Waals surface area contributed by atoms with Crippen LogP contribution < -0.4 is 5.32 Å². The molecule has 0 radical (unpaired) electrons. The number of hydrogen-bond donors (Lipinski definition) is 2. The minimum Gasteiger partial charge on any atom is -0.392 e. The van der Waals surface area contributed by atoms with Gasteiger partial charge in [0.2, 0.25) is 0 Å². The highest BCUT2D eigenvalue weighted by atomic mass is 19.4. The molecule has 0 aromatic carbocycles. The maximum Gasteiger partial charge on any atom is 0.401 e. The number of aliphatic hydroxyl groups is 1. The maximum absolute atomic E-state index is 11.8. The van der Waals surface area contributed by atoms with E-state index in [0.29, 0.717) is 12.3 Å². The summed E-state index contributed by atoms with van der Waals surface area (Å²) in [6, 6.07) is 0. The van der Waals surface area contributed by atoms with E-state index in [1.807, 2.05) is 0 Å². The van der Waals surface area contributed by atoms with E-state index in [0.717, 1.165) is 12.8 Å². The summed E-state index contributed by atoms with van der Waals surface area (Å²) >= 11 is 0. The number of alkyl halides is 3. The topological polar surface area (TPSA) is 32.3 Å². The van der Waals surface area contributed by atoms with Gasteiger partial charge in [0.1, 0.15) is 0 Å². The fourth-order valence-electron chi connectivity index (χ4n) is 2.09. The van der Waals surface area contributed by atoms with Crippen molar-refractivity contribution in [2.45, 2.75) is 44.4 Å². The Bertz CT molecular complexity index is 178. The Labute approximate surface area is 87.9 Å². The molecular weight excluding hydrogens is 207 g/mol. The highest BCUT2D eigenvalue weighted by molar-refractivity contribution is 4.72. The standard InChI is InChI=1S/C10H18F3NO/c11-10(12,13)7-14-6-9(15)5-8-3-1-2-4-8/h8-9,14-15H,1-7H2. The van der Waals surface area contributed by atoms with Gasteiger partial charge in [-0.1, -0.05) is 25.7 Å². The van der Waals surface area contributed by atoms with Crippen molar-refractivity contribution in [1.82, 2.24) is 5.32 Å². The molecule has 0 aromatic heterocycles. The lowest BCUT2D eigenvalue weighted by Gasteiger charge is -2.16. The highest BCUT2D eigenvalue weighted by Crippen LogP contribution is 2.28. The van der Waals surface area contributed by atoms with Crippen molar-refractivity contribution in [3.05, 3.63) is 0 Å². The van der Waals surface area contributed by atoms with Crippen molar-refractivity contribution in [2.24, 2.45) is 5.92 Å². The number of hydrogen-bond acceptors (Lipinski definition) is 2. The summed E-state index contributed by atoms with van der Waals surface area (Å²) in [6.07, 6.45) is 0.390. The Morgan fingerprint density at radius 2 is 1.87 bits per heavy atom. The zero-order valence-electron chi connectivity index (χ0n) is 8.69. The lowest BCUT2D eigenvalue weighted by atomic mass is 10.0. The van der Waals surface area contributed by atoms with Gasteiger partial charge >= 0.3 is 6.18 Å². The van der Waals surface area contributed by atoms with Crippen LogP contribution in [0.2, 0.25) is 0 Å². The normalized spacial score (nSPS) is 20.8. The summed E-state index contributed by atoms with van der Waals surface area (Å²) in [5, 5.41) is 11.7. The smallest absolute Gasteiger partial charge is 0.392 e. The van der Waals surface area contributed by atoms with Crippen LogP contribution in [-0.2, 0) is 0 Å². The number of halogens is 3. The monoisotopic (exact) mass is 225 g/mol. The van der Waals surface area contributed by atoms with Crippen LogP contribution in [0.1, 0.15) is 32.1 Å². The van der Waals surface area contributed by atoms with Gasteiger partial charge in [0.15, 0.2) is 0 Å². The third-order valence-electron chi connectivity index (χ3n) is 2.79. The average molecular weight is 225 g/mol. The Morgan fingerprint density at radius 1 is 1.27 bits per heavy atom. The average Bonchev–Trinajstić information content (AvgIpc) is 2.54. The van der Waals surface area contributed by atoms with Crippen LogP contribution in [0.5, 0.6) is 0 Å². The van der Waals surface area contributed by atoms with E-state index < -0.39 is 18.8 Å². The molecule has 90 valence electrons. The molecule has 1 aliphatic carbocycles. The summed E-state index contributed by atoms with van der Waals surface area (Å²) in [4.78, 5) is 0. The lowest BCUT2D eigenvalue weighted by molar-refractivity contribution is -0.125. The van der Waals surface area contributed by atoms with Crippen molar-refractivity contribution in [3.8, 4) is 0 Å². The zero-order valence-corrected chi connectivity index (χ0v) is 8.69. The van der Waals surface area contributed by atoms with Crippen LogP contribution >= 0.6 is 0 Å². The van der Waals surface area contributed by atoms with E-state index in [9.17, 15) is 18.3 Å². The van der Waals surface area contributed by atoms with Crippen molar-refractivity contribution in [1.29, 1.82) is 0 Å². The Hall–Kier alpha value is -0.290. The van der Waals surface area contributed by atoms with Crippen molar-refractivity contribution < 1.29 is 18.3 Å². The molecule has 1 unspecified atom stereocenters. The third kappa shape index (κ3) is 5.99. The van der Waals surface area contributed by atoms with Crippen LogP contribution in [0.3, 0.4) is 0 Å². The van der Waals surface area contributed by atoms with Crippen LogP contribution in [0.15, 0.2) is 0 Å². The van der Waals surface area contributed by atoms with Crippen molar-refractivity contribution in [3.63, 3.8) is 0 Å². The van der Waals surface area contributed by atoms with Gasteiger partial charge in [0, 0.05) is 6.54 Å². The molecule has 2 nitrogen and oxygen atoms in total. The van der Waals surface area contributed by atoms with Crippen LogP contribution in [-0.4, -0.2) is 30.5 Å². The summed E-state index contributed by atoms with van der Waals surface area (Å²) in [5.74, 6) is 0.507. The minimum atomic E-state index is -4.19. The van der Waals surface area contributed by atoms with E-state index in [4.69, 9.17) is 0 Å². The van der Waals surface area contributed by atoms with Gasteiger partial charge < -0.3 is 10.4 Å². The van der Waals surface area contributed by atoms with Crippen LogP contribution in [0, 0.1) is 5.92 Å². The molecule has 5 heteroatoms. The molecule has 2 N–H and O–H groups in total. The molecule has 0 saturated heterocycles. The molecule has 1 fully saturated rings. The second-order valence-corrected chi connectivity index (χ2v) is 4.29. The molecule has 1 aliphatic rings. The first-order chi connectivity index (χ1) is 6.97. The van der Waals surface area contributed by atoms with Crippen LogP contribution in [0.25, 0.3) is 0 Å². The highest BCUT2D eigenvalue weighted by Gasteiger charge is 2.27. The largest absolute Gasteiger partial charge is 0.401 e. The zero-order chi connectivity index (χ0) is 11.3. The summed E-state index contributed by atoms with van der Waals surface area (Å²) < 4.78 is 35.3. The number of rotatable bonds is 5. The third-order valence-corrected chi connectivity index (χ3v) is 2.79. The number of nitrogens with one attached hydrogen (secondary N) is 1. The molecule has 0 aliphatic heterocycles. The lowest BCUT2D eigenvalue weighted by Crippen LogP contribution is -2.35. The fraction of sp³-hybridized carbons (Fsp3) is 1.00. The van der Waals surface area contributed by atoms with E-state index in [2.05, 4.69) is 5.32 Å². The second-order valence-electron chi connectivity index (χ2n) is 4.29.